The number of benzene rings is 2. The van der Waals surface area contributed by atoms with Gasteiger partial charge in [0.05, 0.1) is 11.3 Å². The fourth-order valence-electron chi connectivity index (χ4n) is 1.61. The van der Waals surface area contributed by atoms with Crippen molar-refractivity contribution in [3.63, 3.8) is 0 Å². The van der Waals surface area contributed by atoms with Gasteiger partial charge in [-0.25, -0.2) is 14.0 Å². The summed E-state index contributed by atoms with van der Waals surface area (Å²) in [6.07, 6.45) is 0. The molecule has 0 aromatic heterocycles. The Bertz CT molecular complexity index is 706. The summed E-state index contributed by atoms with van der Waals surface area (Å²) >= 11 is 3.28. The number of rotatable bonds is 3. The van der Waals surface area contributed by atoms with Gasteiger partial charge in [0.1, 0.15) is 5.82 Å². The quantitative estimate of drug-likeness (QED) is 0.782. The third kappa shape index (κ3) is 3.79. The third-order valence-electron chi connectivity index (χ3n) is 2.58. The number of aromatic carboxylic acids is 1. The first-order valence-electron chi connectivity index (χ1n) is 5.83. The molecule has 0 aliphatic heterocycles. The number of nitrogens with one attached hydrogen (secondary N) is 2. The fraction of sp³-hybridized carbons (Fsp3) is 0. The van der Waals surface area contributed by atoms with Gasteiger partial charge in [-0.05, 0) is 46.3 Å². The number of carbonyl (C=O) groups excluding carboxylic acids is 1. The van der Waals surface area contributed by atoms with E-state index in [2.05, 4.69) is 26.6 Å². The standard InChI is InChI=1S/C14H10BrFN2O3/c15-10-3-1-2-4-12(10)18-14(21)17-8-5-6-9(13(19)20)11(16)7-8/h1-7H,(H,19,20)(H2,17,18,21). The number of hydrogen-bond acceptors (Lipinski definition) is 2. The molecular formula is C14H10BrFN2O3. The molecule has 0 unspecified atom stereocenters. The lowest BCUT2D eigenvalue weighted by atomic mass is 10.2. The van der Waals surface area contributed by atoms with Gasteiger partial charge >= 0.3 is 12.0 Å². The van der Waals surface area contributed by atoms with E-state index >= 15 is 0 Å². The van der Waals surface area contributed by atoms with Crippen LogP contribution in [0.15, 0.2) is 46.9 Å². The van der Waals surface area contributed by atoms with Gasteiger partial charge in [0, 0.05) is 10.2 Å². The third-order valence-corrected chi connectivity index (χ3v) is 3.27. The van der Waals surface area contributed by atoms with Crippen LogP contribution in [0, 0.1) is 5.82 Å². The Balaban J connectivity index is 2.08. The fourth-order valence-corrected chi connectivity index (χ4v) is 2.00. The minimum absolute atomic E-state index is 0.155. The van der Waals surface area contributed by atoms with Crippen molar-refractivity contribution in [2.75, 3.05) is 10.6 Å². The average Bonchev–Trinajstić information content (AvgIpc) is 2.41. The van der Waals surface area contributed by atoms with E-state index in [4.69, 9.17) is 5.11 Å². The summed E-state index contributed by atoms with van der Waals surface area (Å²) in [5, 5.41) is 13.7. The van der Waals surface area contributed by atoms with E-state index in [1.54, 1.807) is 24.3 Å². The number of hydrogen-bond donors (Lipinski definition) is 3. The normalized spacial score (nSPS) is 10.0. The van der Waals surface area contributed by atoms with Crippen molar-refractivity contribution < 1.29 is 19.1 Å². The predicted molar refractivity (Wildman–Crippen MR) is 80.1 cm³/mol. The first-order chi connectivity index (χ1) is 9.97. The van der Waals surface area contributed by atoms with Gasteiger partial charge in [0.25, 0.3) is 0 Å². The van der Waals surface area contributed by atoms with Crippen LogP contribution in [-0.4, -0.2) is 17.1 Å². The van der Waals surface area contributed by atoms with Crippen molar-refractivity contribution in [3.05, 3.63) is 58.3 Å². The summed E-state index contributed by atoms with van der Waals surface area (Å²) in [5.74, 6) is -2.28. The first kappa shape index (κ1) is 15.0. The van der Waals surface area contributed by atoms with Gasteiger partial charge < -0.3 is 15.7 Å². The number of carboxylic acid groups (broad SMARTS) is 1. The van der Waals surface area contributed by atoms with Crippen LogP contribution in [0.25, 0.3) is 0 Å². The van der Waals surface area contributed by atoms with E-state index in [-0.39, 0.29) is 5.69 Å². The van der Waals surface area contributed by atoms with E-state index in [0.29, 0.717) is 10.2 Å². The van der Waals surface area contributed by atoms with Crippen molar-refractivity contribution in [1.29, 1.82) is 0 Å². The number of halogens is 2. The molecule has 0 aliphatic rings. The zero-order valence-corrected chi connectivity index (χ0v) is 12.1. The number of urea groups is 1. The molecule has 0 radical (unpaired) electrons. The second-order valence-corrected chi connectivity index (χ2v) is 4.91. The van der Waals surface area contributed by atoms with Crippen molar-refractivity contribution in [2.24, 2.45) is 0 Å². The molecule has 108 valence electrons. The van der Waals surface area contributed by atoms with Crippen LogP contribution in [0.2, 0.25) is 0 Å². The minimum Gasteiger partial charge on any atom is -0.478 e. The highest BCUT2D eigenvalue weighted by Crippen LogP contribution is 2.21. The molecule has 0 aliphatic carbocycles. The smallest absolute Gasteiger partial charge is 0.338 e. The summed E-state index contributed by atoms with van der Waals surface area (Å²) in [6, 6.07) is 9.79. The van der Waals surface area contributed by atoms with Gasteiger partial charge in [0.2, 0.25) is 0 Å². The average molecular weight is 353 g/mol. The second-order valence-electron chi connectivity index (χ2n) is 4.06. The molecule has 0 atom stereocenters. The summed E-state index contributed by atoms with van der Waals surface area (Å²) in [6.45, 7) is 0. The monoisotopic (exact) mass is 352 g/mol. The molecule has 0 heterocycles. The van der Waals surface area contributed by atoms with E-state index in [1.165, 1.54) is 6.07 Å². The molecule has 0 bridgehead atoms. The highest BCUT2D eigenvalue weighted by molar-refractivity contribution is 9.10. The molecule has 0 spiro atoms. The van der Waals surface area contributed by atoms with Crippen LogP contribution in [0.4, 0.5) is 20.6 Å². The Hall–Kier alpha value is -2.41. The van der Waals surface area contributed by atoms with Crippen LogP contribution in [0.3, 0.4) is 0 Å². The molecule has 0 saturated heterocycles. The van der Waals surface area contributed by atoms with Gasteiger partial charge in [-0.15, -0.1) is 0 Å². The summed E-state index contributed by atoms with van der Waals surface area (Å²) < 4.78 is 14.2. The van der Waals surface area contributed by atoms with Gasteiger partial charge in [-0.2, -0.15) is 0 Å². The number of anilines is 2. The maximum atomic E-state index is 13.5. The van der Waals surface area contributed by atoms with Crippen molar-refractivity contribution in [2.45, 2.75) is 0 Å². The molecule has 0 fully saturated rings. The van der Waals surface area contributed by atoms with Crippen molar-refractivity contribution in [1.82, 2.24) is 0 Å². The number of carboxylic acids is 1. The number of carbonyl (C=O) groups is 2. The molecule has 3 N–H and O–H groups in total. The van der Waals surface area contributed by atoms with E-state index < -0.39 is 23.4 Å². The zero-order valence-electron chi connectivity index (χ0n) is 10.6. The number of para-hydroxylation sites is 1. The van der Waals surface area contributed by atoms with Crippen LogP contribution in [-0.2, 0) is 0 Å². The number of amides is 2. The summed E-state index contributed by atoms with van der Waals surface area (Å²) in [4.78, 5) is 22.5. The lowest BCUT2D eigenvalue weighted by Crippen LogP contribution is -2.19. The first-order valence-corrected chi connectivity index (χ1v) is 6.62. The Kier molecular flexibility index (Phi) is 4.54. The van der Waals surface area contributed by atoms with Crippen LogP contribution < -0.4 is 10.6 Å². The molecule has 2 aromatic carbocycles. The predicted octanol–water partition coefficient (Wildman–Crippen LogP) is 3.93. The largest absolute Gasteiger partial charge is 0.478 e. The lowest BCUT2D eigenvalue weighted by Gasteiger charge is -2.09. The minimum atomic E-state index is -1.36. The Labute approximate surface area is 127 Å². The van der Waals surface area contributed by atoms with E-state index in [1.807, 2.05) is 0 Å². The lowest BCUT2D eigenvalue weighted by molar-refractivity contribution is 0.0692. The molecule has 2 amide bonds. The molecule has 2 aromatic rings. The van der Waals surface area contributed by atoms with E-state index in [0.717, 1.165) is 12.1 Å². The topological polar surface area (TPSA) is 78.4 Å². The zero-order chi connectivity index (χ0) is 15.4. The molecule has 7 heteroatoms. The SMILES string of the molecule is O=C(Nc1ccc(C(=O)O)c(F)c1)Nc1ccccc1Br. The maximum Gasteiger partial charge on any atom is 0.338 e. The van der Waals surface area contributed by atoms with E-state index in [9.17, 15) is 14.0 Å². The molecule has 0 saturated carbocycles. The highest BCUT2D eigenvalue weighted by atomic mass is 79.9. The molecule has 2 rings (SSSR count). The van der Waals surface area contributed by atoms with Crippen LogP contribution in [0.1, 0.15) is 10.4 Å². The van der Waals surface area contributed by atoms with Crippen LogP contribution in [0.5, 0.6) is 0 Å². The Morgan fingerprint density at radius 1 is 1.10 bits per heavy atom. The highest BCUT2D eigenvalue weighted by Gasteiger charge is 2.12. The maximum absolute atomic E-state index is 13.5. The van der Waals surface area contributed by atoms with Gasteiger partial charge in [-0.1, -0.05) is 12.1 Å². The summed E-state index contributed by atoms with van der Waals surface area (Å²) in [7, 11) is 0. The van der Waals surface area contributed by atoms with Crippen LogP contribution >= 0.6 is 15.9 Å². The molecule has 21 heavy (non-hydrogen) atoms. The molecular weight excluding hydrogens is 343 g/mol. The molecule has 5 nitrogen and oxygen atoms in total. The Morgan fingerprint density at radius 3 is 2.43 bits per heavy atom. The van der Waals surface area contributed by atoms with Crippen molar-refractivity contribution in [3.8, 4) is 0 Å². The Morgan fingerprint density at radius 2 is 1.81 bits per heavy atom. The summed E-state index contributed by atoms with van der Waals surface area (Å²) in [5.41, 5.74) is 0.256. The van der Waals surface area contributed by atoms with Gasteiger partial charge in [-0.3, -0.25) is 0 Å². The second kappa shape index (κ2) is 6.36. The van der Waals surface area contributed by atoms with Crippen molar-refractivity contribution >= 4 is 39.3 Å². The van der Waals surface area contributed by atoms with Gasteiger partial charge in [0.15, 0.2) is 0 Å².